The number of aromatic nitrogens is 1. The molecule has 3 aliphatic rings. The standard InChI is InChI=1S/C16H23N3O/c17-13-7-15(19(10-13)14-5-6-14)16(20)18(8-11-1-2-11)9-12-3-4-12/h7,10-12,14H,1-6,8-9,17H2. The van der Waals surface area contributed by atoms with Crippen LogP contribution in [0.15, 0.2) is 12.3 Å². The normalized spacial score (nSPS) is 22.0. The first kappa shape index (κ1) is 12.3. The third kappa shape index (κ3) is 2.56. The molecular formula is C16H23N3O. The third-order valence-corrected chi connectivity index (χ3v) is 4.67. The summed E-state index contributed by atoms with van der Waals surface area (Å²) in [4.78, 5) is 15.0. The summed E-state index contributed by atoms with van der Waals surface area (Å²) in [6.45, 7) is 1.90. The zero-order valence-electron chi connectivity index (χ0n) is 11.9. The number of carbonyl (C=O) groups is 1. The third-order valence-electron chi connectivity index (χ3n) is 4.67. The lowest BCUT2D eigenvalue weighted by Crippen LogP contribution is -2.35. The first-order valence-corrected chi connectivity index (χ1v) is 7.97. The van der Waals surface area contributed by atoms with Crippen LogP contribution in [0, 0.1) is 11.8 Å². The lowest BCUT2D eigenvalue weighted by atomic mass is 10.2. The molecule has 1 amide bonds. The Morgan fingerprint density at radius 3 is 2.25 bits per heavy atom. The monoisotopic (exact) mass is 273 g/mol. The average molecular weight is 273 g/mol. The van der Waals surface area contributed by atoms with Gasteiger partial charge in [-0.15, -0.1) is 0 Å². The van der Waals surface area contributed by atoms with Crippen LogP contribution in [0.2, 0.25) is 0 Å². The first-order valence-electron chi connectivity index (χ1n) is 7.97. The summed E-state index contributed by atoms with van der Waals surface area (Å²) >= 11 is 0. The molecule has 3 fully saturated rings. The van der Waals surface area contributed by atoms with Crippen LogP contribution < -0.4 is 5.73 Å². The van der Waals surface area contributed by atoms with E-state index in [1.165, 1.54) is 38.5 Å². The molecule has 0 aromatic carbocycles. The Hall–Kier alpha value is -1.45. The molecule has 0 radical (unpaired) electrons. The van der Waals surface area contributed by atoms with Gasteiger partial charge in [-0.3, -0.25) is 4.79 Å². The van der Waals surface area contributed by atoms with Gasteiger partial charge in [0.25, 0.3) is 5.91 Å². The molecule has 20 heavy (non-hydrogen) atoms. The van der Waals surface area contributed by atoms with Gasteiger partial charge in [0.1, 0.15) is 5.69 Å². The fourth-order valence-electron chi connectivity index (χ4n) is 2.95. The average Bonchev–Trinajstić information content (AvgIpc) is 3.27. The maximum atomic E-state index is 12.9. The zero-order valence-corrected chi connectivity index (χ0v) is 11.9. The summed E-state index contributed by atoms with van der Waals surface area (Å²) in [6, 6.07) is 2.38. The highest BCUT2D eigenvalue weighted by Crippen LogP contribution is 2.38. The summed E-state index contributed by atoms with van der Waals surface area (Å²) in [7, 11) is 0. The Balaban J connectivity index is 1.55. The molecule has 0 saturated heterocycles. The van der Waals surface area contributed by atoms with Crippen molar-refractivity contribution < 1.29 is 4.79 Å². The topological polar surface area (TPSA) is 51.3 Å². The van der Waals surface area contributed by atoms with E-state index in [0.717, 1.165) is 36.3 Å². The summed E-state index contributed by atoms with van der Waals surface area (Å²) in [6.07, 6.45) is 9.47. The molecule has 1 aromatic heterocycles. The van der Waals surface area contributed by atoms with Crippen LogP contribution >= 0.6 is 0 Å². The second-order valence-corrected chi connectivity index (χ2v) is 6.89. The van der Waals surface area contributed by atoms with Crippen molar-refractivity contribution in [1.29, 1.82) is 0 Å². The van der Waals surface area contributed by atoms with Crippen molar-refractivity contribution in [3.8, 4) is 0 Å². The summed E-state index contributed by atoms with van der Waals surface area (Å²) in [5.74, 6) is 1.70. The molecule has 0 atom stereocenters. The number of nitrogens with zero attached hydrogens (tertiary/aromatic N) is 2. The van der Waals surface area contributed by atoms with Crippen molar-refractivity contribution in [1.82, 2.24) is 9.47 Å². The van der Waals surface area contributed by atoms with Gasteiger partial charge in [-0.2, -0.15) is 0 Å². The molecule has 3 aliphatic carbocycles. The minimum absolute atomic E-state index is 0.201. The molecular weight excluding hydrogens is 250 g/mol. The Kier molecular flexibility index (Phi) is 2.79. The van der Waals surface area contributed by atoms with E-state index in [9.17, 15) is 4.79 Å². The molecule has 4 rings (SSSR count). The predicted octanol–water partition coefficient (Wildman–Crippen LogP) is 2.67. The lowest BCUT2D eigenvalue weighted by molar-refractivity contribution is 0.0728. The molecule has 3 saturated carbocycles. The number of amides is 1. The highest BCUT2D eigenvalue weighted by molar-refractivity contribution is 5.94. The van der Waals surface area contributed by atoms with Crippen LogP contribution in [-0.2, 0) is 0 Å². The molecule has 108 valence electrons. The van der Waals surface area contributed by atoms with Gasteiger partial charge < -0.3 is 15.2 Å². The number of nitrogen functional groups attached to an aromatic ring is 1. The Labute approximate surface area is 119 Å². The van der Waals surface area contributed by atoms with Crippen molar-refractivity contribution in [2.45, 2.75) is 44.6 Å². The van der Waals surface area contributed by atoms with Crippen molar-refractivity contribution in [2.75, 3.05) is 18.8 Å². The van der Waals surface area contributed by atoms with Crippen molar-refractivity contribution >= 4 is 11.6 Å². The highest BCUT2D eigenvalue weighted by atomic mass is 16.2. The second kappa shape index (κ2) is 4.54. The largest absolute Gasteiger partial charge is 0.397 e. The van der Waals surface area contributed by atoms with Crippen LogP contribution in [0.4, 0.5) is 5.69 Å². The fourth-order valence-corrected chi connectivity index (χ4v) is 2.95. The van der Waals surface area contributed by atoms with E-state index in [4.69, 9.17) is 5.73 Å². The quantitative estimate of drug-likeness (QED) is 0.866. The van der Waals surface area contributed by atoms with Gasteiger partial charge in [-0.1, -0.05) is 0 Å². The summed E-state index contributed by atoms with van der Waals surface area (Å²) in [5.41, 5.74) is 7.45. The first-order chi connectivity index (χ1) is 9.70. The van der Waals surface area contributed by atoms with Gasteiger partial charge in [0.05, 0.1) is 5.69 Å². The lowest BCUT2D eigenvalue weighted by Gasteiger charge is -2.23. The molecule has 0 aliphatic heterocycles. The van der Waals surface area contributed by atoms with Crippen LogP contribution in [0.5, 0.6) is 0 Å². The highest BCUT2D eigenvalue weighted by Gasteiger charge is 2.34. The number of carbonyl (C=O) groups excluding carboxylic acids is 1. The molecule has 0 spiro atoms. The Bertz CT molecular complexity index is 510. The molecule has 0 unspecified atom stereocenters. The van der Waals surface area contributed by atoms with E-state index in [1.807, 2.05) is 12.3 Å². The zero-order chi connectivity index (χ0) is 13.7. The van der Waals surface area contributed by atoms with E-state index in [-0.39, 0.29) is 5.91 Å². The molecule has 4 heteroatoms. The van der Waals surface area contributed by atoms with E-state index < -0.39 is 0 Å². The van der Waals surface area contributed by atoms with E-state index in [0.29, 0.717) is 6.04 Å². The van der Waals surface area contributed by atoms with E-state index in [2.05, 4.69) is 9.47 Å². The van der Waals surface area contributed by atoms with Crippen LogP contribution in [0.3, 0.4) is 0 Å². The molecule has 4 nitrogen and oxygen atoms in total. The fraction of sp³-hybridized carbons (Fsp3) is 0.688. The van der Waals surface area contributed by atoms with Gasteiger partial charge >= 0.3 is 0 Å². The number of anilines is 1. The SMILES string of the molecule is Nc1cc(C(=O)N(CC2CC2)CC2CC2)n(C2CC2)c1. The molecule has 2 N–H and O–H groups in total. The van der Waals surface area contributed by atoms with Crippen LogP contribution in [0.1, 0.15) is 55.1 Å². The summed E-state index contributed by atoms with van der Waals surface area (Å²) < 4.78 is 2.12. The van der Waals surface area contributed by atoms with Gasteiger partial charge in [0.2, 0.25) is 0 Å². The van der Waals surface area contributed by atoms with Gasteiger partial charge in [-0.05, 0) is 56.4 Å². The number of hydrogen-bond acceptors (Lipinski definition) is 2. The molecule has 1 aromatic rings. The number of rotatable bonds is 6. The molecule has 0 bridgehead atoms. The van der Waals surface area contributed by atoms with E-state index in [1.54, 1.807) is 0 Å². The smallest absolute Gasteiger partial charge is 0.270 e. The molecule has 1 heterocycles. The van der Waals surface area contributed by atoms with Crippen LogP contribution in [-0.4, -0.2) is 28.5 Å². The second-order valence-electron chi connectivity index (χ2n) is 6.89. The van der Waals surface area contributed by atoms with Crippen molar-refractivity contribution in [3.63, 3.8) is 0 Å². The maximum absolute atomic E-state index is 12.9. The van der Waals surface area contributed by atoms with Gasteiger partial charge in [0, 0.05) is 25.3 Å². The Morgan fingerprint density at radius 1 is 1.15 bits per heavy atom. The maximum Gasteiger partial charge on any atom is 0.270 e. The Morgan fingerprint density at radius 2 is 1.75 bits per heavy atom. The van der Waals surface area contributed by atoms with E-state index >= 15 is 0 Å². The number of hydrogen-bond donors (Lipinski definition) is 1. The van der Waals surface area contributed by atoms with Crippen molar-refractivity contribution in [3.05, 3.63) is 18.0 Å². The van der Waals surface area contributed by atoms with Crippen LogP contribution in [0.25, 0.3) is 0 Å². The predicted molar refractivity (Wildman–Crippen MR) is 78.5 cm³/mol. The minimum Gasteiger partial charge on any atom is -0.397 e. The van der Waals surface area contributed by atoms with Crippen molar-refractivity contribution in [2.24, 2.45) is 11.8 Å². The van der Waals surface area contributed by atoms with Gasteiger partial charge in [0.15, 0.2) is 0 Å². The summed E-state index contributed by atoms with van der Waals surface area (Å²) in [5, 5.41) is 0. The van der Waals surface area contributed by atoms with Gasteiger partial charge in [-0.25, -0.2) is 0 Å². The number of nitrogens with two attached hydrogens (primary N) is 1. The minimum atomic E-state index is 0.201.